The van der Waals surface area contributed by atoms with Gasteiger partial charge in [-0.05, 0) is 53.8 Å². The van der Waals surface area contributed by atoms with Gasteiger partial charge in [0.2, 0.25) is 11.8 Å². The Morgan fingerprint density at radius 2 is 1.79 bits per heavy atom. The van der Waals surface area contributed by atoms with Crippen molar-refractivity contribution in [3.05, 3.63) is 95.9 Å². The van der Waals surface area contributed by atoms with Gasteiger partial charge < -0.3 is 9.32 Å². The zero-order valence-corrected chi connectivity index (χ0v) is 18.1. The molecule has 1 amide bonds. The number of oxazole rings is 1. The highest BCUT2D eigenvalue weighted by atomic mass is 19.4. The maximum absolute atomic E-state index is 13.5. The summed E-state index contributed by atoms with van der Waals surface area (Å²) in [4.78, 5) is 19.1. The van der Waals surface area contributed by atoms with Gasteiger partial charge in [-0.1, -0.05) is 54.6 Å². The van der Waals surface area contributed by atoms with Gasteiger partial charge in [0.15, 0.2) is 5.58 Å². The molecule has 1 aliphatic rings. The second-order valence-corrected chi connectivity index (χ2v) is 8.21. The Labute approximate surface area is 194 Å². The van der Waals surface area contributed by atoms with Crippen LogP contribution < -0.4 is 0 Å². The van der Waals surface area contributed by atoms with Crippen molar-refractivity contribution in [1.82, 2.24) is 9.88 Å². The molecule has 172 valence electrons. The lowest BCUT2D eigenvalue weighted by Crippen LogP contribution is -2.29. The molecule has 1 fully saturated rings. The third kappa shape index (κ3) is 4.33. The number of nitrogens with zero attached hydrogens (tertiary/aromatic N) is 2. The van der Waals surface area contributed by atoms with Gasteiger partial charge in [0.1, 0.15) is 11.6 Å². The van der Waals surface area contributed by atoms with E-state index in [4.69, 9.17) is 4.42 Å². The Hall–Kier alpha value is -3.87. The number of likely N-dealkylation sites (tertiary alicyclic amines) is 1. The fourth-order valence-corrected chi connectivity index (χ4v) is 4.35. The molecule has 4 nitrogen and oxygen atoms in total. The minimum absolute atomic E-state index is 0.0881. The number of rotatable bonds is 4. The normalized spacial score (nSPS) is 16.6. The van der Waals surface area contributed by atoms with Crippen molar-refractivity contribution in [2.75, 3.05) is 6.54 Å². The molecule has 3 aromatic carbocycles. The quantitative estimate of drug-likeness (QED) is 0.310. The molecule has 1 saturated heterocycles. The molecule has 1 aliphatic heterocycles. The van der Waals surface area contributed by atoms with Crippen molar-refractivity contribution in [3.8, 4) is 11.1 Å². The van der Waals surface area contributed by atoms with Crippen LogP contribution in [0.2, 0.25) is 0 Å². The lowest BCUT2D eigenvalue weighted by molar-refractivity contribution is -0.137. The van der Waals surface area contributed by atoms with E-state index in [9.17, 15) is 18.0 Å². The van der Waals surface area contributed by atoms with Gasteiger partial charge in [-0.2, -0.15) is 13.2 Å². The molecule has 0 radical (unpaired) electrons. The van der Waals surface area contributed by atoms with E-state index in [1.165, 1.54) is 12.1 Å². The zero-order chi connectivity index (χ0) is 23.7. The van der Waals surface area contributed by atoms with E-state index in [0.29, 0.717) is 35.5 Å². The van der Waals surface area contributed by atoms with Crippen LogP contribution in [0.4, 0.5) is 13.2 Å². The third-order valence-electron chi connectivity index (χ3n) is 5.99. The number of alkyl halides is 3. The minimum atomic E-state index is -4.46. The molecule has 2 heterocycles. The average Bonchev–Trinajstić information content (AvgIpc) is 3.49. The Kier molecular flexibility index (Phi) is 5.69. The van der Waals surface area contributed by atoms with Crippen LogP contribution >= 0.6 is 0 Å². The summed E-state index contributed by atoms with van der Waals surface area (Å²) in [6.45, 7) is 0.589. The Morgan fingerprint density at radius 1 is 1.03 bits per heavy atom. The molecule has 0 bridgehead atoms. The van der Waals surface area contributed by atoms with E-state index in [1.54, 1.807) is 41.3 Å². The lowest BCUT2D eigenvalue weighted by atomic mass is 9.99. The van der Waals surface area contributed by atoms with Gasteiger partial charge in [-0.15, -0.1) is 0 Å². The van der Waals surface area contributed by atoms with Crippen LogP contribution in [0.3, 0.4) is 0 Å². The molecule has 0 N–H and O–H groups in total. The van der Waals surface area contributed by atoms with Gasteiger partial charge in [-0.25, -0.2) is 4.98 Å². The van der Waals surface area contributed by atoms with Gasteiger partial charge in [0.25, 0.3) is 0 Å². The van der Waals surface area contributed by atoms with Crippen molar-refractivity contribution in [3.63, 3.8) is 0 Å². The first-order chi connectivity index (χ1) is 16.4. The van der Waals surface area contributed by atoms with Crippen LogP contribution in [-0.2, 0) is 11.0 Å². The second-order valence-electron chi connectivity index (χ2n) is 8.21. The highest BCUT2D eigenvalue weighted by Crippen LogP contribution is 2.39. The van der Waals surface area contributed by atoms with E-state index in [1.807, 2.05) is 30.3 Å². The maximum atomic E-state index is 13.5. The monoisotopic (exact) mass is 462 g/mol. The fourth-order valence-electron chi connectivity index (χ4n) is 4.35. The summed E-state index contributed by atoms with van der Waals surface area (Å²) in [5, 5.41) is 0. The van der Waals surface area contributed by atoms with Gasteiger partial charge >= 0.3 is 6.18 Å². The smallest absolute Gasteiger partial charge is 0.417 e. The second kappa shape index (κ2) is 8.82. The SMILES string of the molecule is O=C(/C=C/c1ccccc1)N1CCC[C@@H]1c1nc2cc(-c3ccccc3C(F)(F)F)ccc2o1. The van der Waals surface area contributed by atoms with Crippen molar-refractivity contribution < 1.29 is 22.4 Å². The van der Waals surface area contributed by atoms with Crippen LogP contribution in [-0.4, -0.2) is 22.3 Å². The number of carbonyl (C=O) groups excluding carboxylic acids is 1. The molecular formula is C27H21F3N2O2. The summed E-state index contributed by atoms with van der Waals surface area (Å²) in [6, 6.07) is 19.5. The maximum Gasteiger partial charge on any atom is 0.417 e. The third-order valence-corrected chi connectivity index (χ3v) is 5.99. The summed E-state index contributed by atoms with van der Waals surface area (Å²) in [6.07, 6.45) is 0.384. The van der Waals surface area contributed by atoms with E-state index in [-0.39, 0.29) is 17.5 Å². The summed E-state index contributed by atoms with van der Waals surface area (Å²) >= 11 is 0. The van der Waals surface area contributed by atoms with Crippen LogP contribution in [0.25, 0.3) is 28.3 Å². The average molecular weight is 462 g/mol. The summed E-state index contributed by atoms with van der Waals surface area (Å²) < 4.78 is 46.3. The first kappa shape index (κ1) is 21.9. The summed E-state index contributed by atoms with van der Waals surface area (Å²) in [5.74, 6) is 0.267. The van der Waals surface area contributed by atoms with Crippen LogP contribution in [0.15, 0.2) is 83.3 Å². The van der Waals surface area contributed by atoms with Crippen LogP contribution in [0.5, 0.6) is 0 Å². The molecule has 0 unspecified atom stereocenters. The minimum Gasteiger partial charge on any atom is -0.438 e. The number of amides is 1. The highest BCUT2D eigenvalue weighted by Gasteiger charge is 2.34. The molecule has 1 atom stereocenters. The van der Waals surface area contributed by atoms with E-state index in [0.717, 1.165) is 18.1 Å². The number of benzene rings is 3. The zero-order valence-electron chi connectivity index (χ0n) is 18.1. The molecule has 7 heteroatoms. The predicted molar refractivity (Wildman–Crippen MR) is 124 cm³/mol. The number of hydrogen-bond acceptors (Lipinski definition) is 3. The molecule has 4 aromatic rings. The largest absolute Gasteiger partial charge is 0.438 e. The van der Waals surface area contributed by atoms with E-state index < -0.39 is 11.7 Å². The predicted octanol–water partition coefficient (Wildman–Crippen LogP) is 6.89. The standard InChI is InChI=1S/C27H21F3N2O2/c28-27(29,30)21-10-5-4-9-20(21)19-13-14-24-22(17-19)31-26(34-24)23-11-6-16-32(23)25(33)15-12-18-7-2-1-3-8-18/h1-5,7-10,12-15,17,23H,6,11,16H2/b15-12+/t23-/m1/s1. The number of halogens is 3. The topological polar surface area (TPSA) is 46.3 Å². The van der Waals surface area contributed by atoms with Crippen molar-refractivity contribution in [2.24, 2.45) is 0 Å². The number of carbonyl (C=O) groups is 1. The van der Waals surface area contributed by atoms with Crippen molar-refractivity contribution >= 4 is 23.1 Å². The first-order valence-electron chi connectivity index (χ1n) is 11.0. The first-order valence-corrected chi connectivity index (χ1v) is 11.0. The van der Waals surface area contributed by atoms with Gasteiger partial charge in [0, 0.05) is 12.6 Å². The number of fused-ring (bicyclic) bond motifs is 1. The Bertz CT molecular complexity index is 1360. The Morgan fingerprint density at radius 3 is 2.59 bits per heavy atom. The Balaban J connectivity index is 1.43. The molecule has 34 heavy (non-hydrogen) atoms. The molecule has 0 spiro atoms. The molecule has 1 aromatic heterocycles. The molecule has 5 rings (SSSR count). The molecular weight excluding hydrogens is 441 g/mol. The van der Waals surface area contributed by atoms with Crippen molar-refractivity contribution in [2.45, 2.75) is 25.1 Å². The summed E-state index contributed by atoms with van der Waals surface area (Å²) in [5.41, 5.74) is 1.66. The number of aromatic nitrogens is 1. The molecule has 0 aliphatic carbocycles. The van der Waals surface area contributed by atoms with Crippen LogP contribution in [0, 0.1) is 0 Å². The van der Waals surface area contributed by atoms with Crippen LogP contribution in [0.1, 0.15) is 35.9 Å². The van der Waals surface area contributed by atoms with E-state index >= 15 is 0 Å². The van der Waals surface area contributed by atoms with E-state index in [2.05, 4.69) is 4.98 Å². The lowest BCUT2D eigenvalue weighted by Gasteiger charge is -2.20. The van der Waals surface area contributed by atoms with Crippen molar-refractivity contribution in [1.29, 1.82) is 0 Å². The molecule has 0 saturated carbocycles. The van der Waals surface area contributed by atoms with Gasteiger partial charge in [-0.3, -0.25) is 4.79 Å². The van der Waals surface area contributed by atoms with Gasteiger partial charge in [0.05, 0.1) is 5.56 Å². The number of hydrogen-bond donors (Lipinski definition) is 0. The summed E-state index contributed by atoms with van der Waals surface area (Å²) in [7, 11) is 0. The fraction of sp³-hybridized carbons (Fsp3) is 0.185. The highest BCUT2D eigenvalue weighted by molar-refractivity contribution is 5.92.